The summed E-state index contributed by atoms with van der Waals surface area (Å²) in [7, 11) is 1.11. The van der Waals surface area contributed by atoms with Crippen molar-refractivity contribution in [1.29, 1.82) is 5.41 Å². The number of methoxy groups -OCH3 is 1. The van der Waals surface area contributed by atoms with Crippen LogP contribution in [0.3, 0.4) is 0 Å². The summed E-state index contributed by atoms with van der Waals surface area (Å²) in [5, 5.41) is 12.9. The molecule has 2 aromatic rings. The number of guanidine groups is 1. The largest absolute Gasteiger partial charge is 0.465 e. The number of benzene rings is 2. The van der Waals surface area contributed by atoms with E-state index in [0.717, 1.165) is 30.1 Å². The van der Waals surface area contributed by atoms with Crippen LogP contribution in [0.2, 0.25) is 0 Å². The number of rotatable bonds is 14. The van der Waals surface area contributed by atoms with Crippen LogP contribution in [0.15, 0.2) is 60.7 Å². The van der Waals surface area contributed by atoms with Gasteiger partial charge >= 0.3 is 24.1 Å². The number of nitrogens with one attached hydrogen (secondary N) is 3. The molecule has 1 atom stereocenters. The minimum Gasteiger partial charge on any atom is -0.465 e. The van der Waals surface area contributed by atoms with Crippen molar-refractivity contribution in [2.24, 2.45) is 0 Å². The fraction of sp³-hybridized carbons (Fsp3) is 0.379. The van der Waals surface area contributed by atoms with Crippen molar-refractivity contribution in [3.8, 4) is 0 Å². The summed E-state index contributed by atoms with van der Waals surface area (Å²) >= 11 is 0. The average molecular weight is 585 g/mol. The third kappa shape index (κ3) is 12.9. The summed E-state index contributed by atoms with van der Waals surface area (Å²) in [5.74, 6) is -2.65. The number of esters is 2. The Hall–Kier alpha value is -4.94. The zero-order valence-electron chi connectivity index (χ0n) is 23.6. The summed E-state index contributed by atoms with van der Waals surface area (Å²) in [6, 6.07) is 18.0. The highest BCUT2D eigenvalue weighted by Crippen LogP contribution is 2.09. The molecule has 226 valence electrons. The monoisotopic (exact) mass is 584 g/mol. The number of carbonyl (C=O) groups excluding carboxylic acids is 5. The minimum atomic E-state index is -1.52. The van der Waals surface area contributed by atoms with Gasteiger partial charge < -0.3 is 24.3 Å². The Morgan fingerprint density at radius 2 is 1.40 bits per heavy atom. The van der Waals surface area contributed by atoms with Crippen molar-refractivity contribution >= 4 is 36.0 Å². The quantitative estimate of drug-likeness (QED) is 0.0748. The highest BCUT2D eigenvalue weighted by Gasteiger charge is 2.25. The molecule has 0 saturated carbocycles. The topological polar surface area (TPSA) is 173 Å². The maximum absolute atomic E-state index is 12.8. The van der Waals surface area contributed by atoms with Crippen LogP contribution in [0.1, 0.15) is 50.2 Å². The van der Waals surface area contributed by atoms with Gasteiger partial charge in [-0.15, -0.1) is 0 Å². The van der Waals surface area contributed by atoms with Crippen LogP contribution in [-0.4, -0.2) is 60.8 Å². The van der Waals surface area contributed by atoms with E-state index in [1.54, 1.807) is 48.5 Å². The molecule has 0 aliphatic rings. The van der Waals surface area contributed by atoms with E-state index in [4.69, 9.17) is 19.6 Å². The third-order valence-corrected chi connectivity index (χ3v) is 5.66. The van der Waals surface area contributed by atoms with Crippen LogP contribution in [-0.2, 0) is 46.5 Å². The molecule has 0 radical (unpaired) electrons. The van der Waals surface area contributed by atoms with Crippen molar-refractivity contribution in [2.75, 3.05) is 13.7 Å². The molecule has 13 heteroatoms. The predicted molar refractivity (Wildman–Crippen MR) is 150 cm³/mol. The van der Waals surface area contributed by atoms with Crippen LogP contribution >= 0.6 is 0 Å². The number of nitrogens with zero attached hydrogens (tertiary/aromatic N) is 1. The Kier molecular flexibility index (Phi) is 14.6. The maximum Gasteiger partial charge on any atom is 0.416 e. The molecule has 3 N–H and O–H groups in total. The summed E-state index contributed by atoms with van der Waals surface area (Å²) in [6.07, 6.45) is -1.14. The Labute approximate surface area is 243 Å². The van der Waals surface area contributed by atoms with Crippen molar-refractivity contribution in [3.63, 3.8) is 0 Å². The smallest absolute Gasteiger partial charge is 0.416 e. The summed E-state index contributed by atoms with van der Waals surface area (Å²) < 4.78 is 19.8. The Morgan fingerprint density at radius 3 is 1.98 bits per heavy atom. The van der Waals surface area contributed by atoms with Crippen LogP contribution in [0.5, 0.6) is 0 Å². The van der Waals surface area contributed by atoms with Crippen molar-refractivity contribution in [2.45, 2.75) is 58.5 Å². The molecule has 2 rings (SSSR count). The molecule has 0 aromatic heterocycles. The van der Waals surface area contributed by atoms with Gasteiger partial charge in [-0.3, -0.25) is 20.3 Å². The number of ether oxygens (including phenoxy) is 4. The lowest BCUT2D eigenvalue weighted by molar-refractivity contribution is -0.168. The van der Waals surface area contributed by atoms with Crippen molar-refractivity contribution < 1.29 is 42.9 Å². The van der Waals surface area contributed by atoms with E-state index >= 15 is 0 Å². The molecule has 0 bridgehead atoms. The van der Waals surface area contributed by atoms with Gasteiger partial charge in [0.2, 0.25) is 11.9 Å². The minimum absolute atomic E-state index is 0.00671. The summed E-state index contributed by atoms with van der Waals surface area (Å²) in [5.41, 5.74) is 1.52. The van der Waals surface area contributed by atoms with E-state index in [1.165, 1.54) is 0 Å². The molecule has 0 aliphatic carbocycles. The second kappa shape index (κ2) is 18.4. The van der Waals surface area contributed by atoms with Crippen molar-refractivity contribution in [1.82, 2.24) is 15.5 Å². The first-order valence-corrected chi connectivity index (χ1v) is 13.3. The highest BCUT2D eigenvalue weighted by atomic mass is 16.6. The molecule has 0 heterocycles. The number of unbranched alkanes of at least 4 members (excludes halogenated alkanes) is 3. The second-order valence-electron chi connectivity index (χ2n) is 8.97. The van der Waals surface area contributed by atoms with Crippen LogP contribution in [0.4, 0.5) is 9.59 Å². The number of carbonyl (C=O) groups is 5. The van der Waals surface area contributed by atoms with Gasteiger partial charge in [-0.05, 0) is 24.0 Å². The van der Waals surface area contributed by atoms with E-state index in [9.17, 15) is 24.0 Å². The SMILES string of the molecule is COC(=O)[C@@H](NC(=O)CCCCCCN(C(=N)NC(=O)OCc1ccccc1)C(=O)OCc1ccccc1)OC(C)=O. The lowest BCUT2D eigenvalue weighted by Crippen LogP contribution is -2.47. The Bertz CT molecular complexity index is 1190. The van der Waals surface area contributed by atoms with Gasteiger partial charge in [0, 0.05) is 19.9 Å². The molecule has 0 spiro atoms. The molecule has 13 nitrogen and oxygen atoms in total. The maximum atomic E-state index is 12.8. The zero-order valence-corrected chi connectivity index (χ0v) is 23.6. The Balaban J connectivity index is 1.84. The van der Waals surface area contributed by atoms with Gasteiger partial charge in [0.25, 0.3) is 6.23 Å². The second-order valence-corrected chi connectivity index (χ2v) is 8.97. The standard InChI is InChI=1S/C29H36N4O9/c1-21(34)42-25(26(36)39-2)31-24(35)17-11-3-4-12-18-33(29(38)41-20-23-15-9-6-10-16-23)27(30)32-28(37)40-19-22-13-7-5-8-14-22/h5-10,13-16,25H,3-4,11-12,17-20H2,1-2H3,(H,31,35)(H2,30,32,37)/t25-/m0/s1. The first kappa shape index (κ1) is 33.3. The highest BCUT2D eigenvalue weighted by molar-refractivity contribution is 5.99. The van der Waals surface area contributed by atoms with Crippen LogP contribution in [0, 0.1) is 5.41 Å². The fourth-order valence-electron chi connectivity index (χ4n) is 3.55. The molecule has 0 saturated heterocycles. The molecule has 3 amide bonds. The van der Waals surface area contributed by atoms with Crippen LogP contribution in [0.25, 0.3) is 0 Å². The average Bonchev–Trinajstić information content (AvgIpc) is 2.98. The molecular formula is C29H36N4O9. The molecule has 0 fully saturated rings. The van der Waals surface area contributed by atoms with Gasteiger partial charge in [-0.2, -0.15) is 0 Å². The molecular weight excluding hydrogens is 548 g/mol. The molecule has 0 unspecified atom stereocenters. The fourth-order valence-corrected chi connectivity index (χ4v) is 3.55. The summed E-state index contributed by atoms with van der Waals surface area (Å²) in [4.78, 5) is 61.0. The number of hydrogen-bond donors (Lipinski definition) is 3. The third-order valence-electron chi connectivity index (χ3n) is 5.66. The lowest BCUT2D eigenvalue weighted by Gasteiger charge is -2.22. The summed E-state index contributed by atoms with van der Waals surface area (Å²) in [6.45, 7) is 1.14. The van der Waals surface area contributed by atoms with E-state index < -0.39 is 42.2 Å². The van der Waals surface area contributed by atoms with E-state index in [-0.39, 0.29) is 26.2 Å². The van der Waals surface area contributed by atoms with E-state index in [1.807, 2.05) is 12.1 Å². The van der Waals surface area contributed by atoms with Crippen LogP contribution < -0.4 is 10.6 Å². The van der Waals surface area contributed by atoms with Gasteiger partial charge in [0.1, 0.15) is 13.2 Å². The van der Waals surface area contributed by atoms with Gasteiger partial charge in [-0.25, -0.2) is 19.3 Å². The number of amides is 3. The zero-order chi connectivity index (χ0) is 30.7. The van der Waals surface area contributed by atoms with E-state index in [2.05, 4.69) is 15.4 Å². The van der Waals surface area contributed by atoms with E-state index in [0.29, 0.717) is 25.7 Å². The molecule has 42 heavy (non-hydrogen) atoms. The number of hydrogen-bond acceptors (Lipinski definition) is 10. The first-order valence-electron chi connectivity index (χ1n) is 13.3. The van der Waals surface area contributed by atoms with Gasteiger partial charge in [0.05, 0.1) is 7.11 Å². The van der Waals surface area contributed by atoms with Gasteiger partial charge in [-0.1, -0.05) is 73.5 Å². The number of alkyl carbamates (subject to hydrolysis) is 1. The predicted octanol–water partition coefficient (Wildman–Crippen LogP) is 3.62. The lowest BCUT2D eigenvalue weighted by atomic mass is 10.1. The van der Waals surface area contributed by atoms with Gasteiger partial charge in [0.15, 0.2) is 0 Å². The Morgan fingerprint density at radius 1 is 0.833 bits per heavy atom. The molecule has 2 aromatic carbocycles. The first-order chi connectivity index (χ1) is 20.2. The van der Waals surface area contributed by atoms with Crippen molar-refractivity contribution in [3.05, 3.63) is 71.8 Å². The normalized spacial score (nSPS) is 10.9. The molecule has 0 aliphatic heterocycles.